The number of hydrogen-bond acceptors (Lipinski definition) is 3. The molecule has 1 aliphatic heterocycles. The van der Waals surface area contributed by atoms with Gasteiger partial charge in [-0.05, 0) is 18.2 Å². The SMILES string of the molecule is O=C(NCCN1CC(C(=O)O)CC1=O)c1ccc(Cl)cc1Cl. The standard InChI is InChI=1S/C14H14Cl2N2O4/c15-9-1-2-10(11(16)6-9)13(20)17-3-4-18-7-8(14(21)22)5-12(18)19/h1-2,6,8H,3-5,7H2,(H,17,20)(H,21,22). The van der Waals surface area contributed by atoms with E-state index >= 15 is 0 Å². The number of nitrogens with zero attached hydrogens (tertiary/aromatic N) is 1. The third-order valence-corrected chi connectivity index (χ3v) is 3.95. The lowest BCUT2D eigenvalue weighted by atomic mass is 10.1. The molecule has 2 N–H and O–H groups in total. The summed E-state index contributed by atoms with van der Waals surface area (Å²) in [5, 5.41) is 12.2. The van der Waals surface area contributed by atoms with Gasteiger partial charge in [-0.2, -0.15) is 0 Å². The number of aliphatic carboxylic acids is 1. The molecule has 0 aliphatic carbocycles. The number of likely N-dealkylation sites (tertiary alicyclic amines) is 1. The summed E-state index contributed by atoms with van der Waals surface area (Å²) >= 11 is 11.7. The molecule has 6 nitrogen and oxygen atoms in total. The van der Waals surface area contributed by atoms with Crippen LogP contribution in [0.2, 0.25) is 10.0 Å². The van der Waals surface area contributed by atoms with Gasteiger partial charge in [-0.25, -0.2) is 0 Å². The average Bonchev–Trinajstić information content (AvgIpc) is 2.80. The largest absolute Gasteiger partial charge is 0.481 e. The third-order valence-electron chi connectivity index (χ3n) is 3.41. The molecule has 0 spiro atoms. The van der Waals surface area contributed by atoms with Crippen molar-refractivity contribution >= 4 is 41.0 Å². The van der Waals surface area contributed by atoms with Crippen molar-refractivity contribution in [2.45, 2.75) is 6.42 Å². The normalized spacial score (nSPS) is 17.6. The van der Waals surface area contributed by atoms with Crippen molar-refractivity contribution in [2.24, 2.45) is 5.92 Å². The molecule has 8 heteroatoms. The number of hydrogen-bond donors (Lipinski definition) is 2. The fourth-order valence-corrected chi connectivity index (χ4v) is 2.72. The summed E-state index contributed by atoms with van der Waals surface area (Å²) in [5.74, 6) is -2.24. The van der Waals surface area contributed by atoms with E-state index in [1.807, 2.05) is 0 Å². The predicted octanol–water partition coefficient (Wildman–Crippen LogP) is 1.66. The third kappa shape index (κ3) is 3.90. The van der Waals surface area contributed by atoms with Crippen molar-refractivity contribution < 1.29 is 19.5 Å². The van der Waals surface area contributed by atoms with Crippen molar-refractivity contribution in [3.8, 4) is 0 Å². The Balaban J connectivity index is 1.85. The Morgan fingerprint density at radius 1 is 1.36 bits per heavy atom. The minimum absolute atomic E-state index is 0.00624. The molecule has 1 saturated heterocycles. The summed E-state index contributed by atoms with van der Waals surface area (Å²) < 4.78 is 0. The average molecular weight is 345 g/mol. The Bertz CT molecular complexity index is 621. The molecule has 1 aromatic carbocycles. The minimum atomic E-state index is -0.979. The van der Waals surface area contributed by atoms with Crippen LogP contribution in [0, 0.1) is 5.92 Å². The molecule has 118 valence electrons. The zero-order valence-corrected chi connectivity index (χ0v) is 13.0. The molecule has 0 saturated carbocycles. The van der Waals surface area contributed by atoms with Crippen LogP contribution in [-0.2, 0) is 9.59 Å². The van der Waals surface area contributed by atoms with Crippen LogP contribution in [-0.4, -0.2) is 47.4 Å². The number of carbonyl (C=O) groups is 3. The second-order valence-electron chi connectivity index (χ2n) is 4.96. The predicted molar refractivity (Wildman–Crippen MR) is 81.1 cm³/mol. The summed E-state index contributed by atoms with van der Waals surface area (Å²) in [4.78, 5) is 35.9. The minimum Gasteiger partial charge on any atom is -0.481 e. The summed E-state index contributed by atoms with van der Waals surface area (Å²) in [6.45, 7) is 0.654. The number of nitrogens with one attached hydrogen (secondary N) is 1. The van der Waals surface area contributed by atoms with E-state index in [1.54, 1.807) is 6.07 Å². The lowest BCUT2D eigenvalue weighted by Gasteiger charge is -2.16. The molecular formula is C14H14Cl2N2O4. The van der Waals surface area contributed by atoms with Crippen molar-refractivity contribution in [2.75, 3.05) is 19.6 Å². The molecule has 1 fully saturated rings. The fraction of sp³-hybridized carbons (Fsp3) is 0.357. The highest BCUT2D eigenvalue weighted by atomic mass is 35.5. The first-order valence-electron chi connectivity index (χ1n) is 6.62. The summed E-state index contributed by atoms with van der Waals surface area (Å²) in [5.41, 5.74) is 0.294. The molecule has 0 aromatic heterocycles. The second-order valence-corrected chi connectivity index (χ2v) is 5.80. The molecule has 0 bridgehead atoms. The van der Waals surface area contributed by atoms with Crippen molar-refractivity contribution in [3.05, 3.63) is 33.8 Å². The highest BCUT2D eigenvalue weighted by Gasteiger charge is 2.33. The first-order chi connectivity index (χ1) is 10.4. The van der Waals surface area contributed by atoms with E-state index in [9.17, 15) is 14.4 Å². The van der Waals surface area contributed by atoms with E-state index in [2.05, 4.69) is 5.32 Å². The van der Waals surface area contributed by atoms with Crippen LogP contribution in [0.5, 0.6) is 0 Å². The fourth-order valence-electron chi connectivity index (χ4n) is 2.23. The monoisotopic (exact) mass is 344 g/mol. The maximum absolute atomic E-state index is 12.0. The van der Waals surface area contributed by atoms with E-state index in [-0.39, 0.29) is 42.9 Å². The summed E-state index contributed by atoms with van der Waals surface area (Å²) in [7, 11) is 0. The second kappa shape index (κ2) is 6.98. The van der Waals surface area contributed by atoms with Crippen molar-refractivity contribution in [1.29, 1.82) is 0 Å². The molecule has 2 amide bonds. The van der Waals surface area contributed by atoms with Crippen LogP contribution < -0.4 is 5.32 Å². The van der Waals surface area contributed by atoms with Crippen LogP contribution >= 0.6 is 23.2 Å². The van der Waals surface area contributed by atoms with Gasteiger partial charge in [-0.3, -0.25) is 14.4 Å². The van der Waals surface area contributed by atoms with Gasteiger partial charge in [0.2, 0.25) is 5.91 Å². The van der Waals surface area contributed by atoms with Crippen molar-refractivity contribution in [3.63, 3.8) is 0 Å². The topological polar surface area (TPSA) is 86.7 Å². The van der Waals surface area contributed by atoms with Crippen LogP contribution in [0.3, 0.4) is 0 Å². The van der Waals surface area contributed by atoms with Gasteiger partial charge in [0.05, 0.1) is 16.5 Å². The molecule has 0 radical (unpaired) electrons. The molecule has 22 heavy (non-hydrogen) atoms. The van der Waals surface area contributed by atoms with Gasteiger partial charge in [-0.1, -0.05) is 23.2 Å². The highest BCUT2D eigenvalue weighted by molar-refractivity contribution is 6.36. The van der Waals surface area contributed by atoms with E-state index in [4.69, 9.17) is 28.3 Å². The molecule has 1 aliphatic rings. The maximum atomic E-state index is 12.0. The van der Waals surface area contributed by atoms with E-state index in [0.29, 0.717) is 10.6 Å². The number of amides is 2. The Morgan fingerprint density at radius 3 is 2.68 bits per heavy atom. The number of rotatable bonds is 5. The zero-order valence-electron chi connectivity index (χ0n) is 11.5. The first-order valence-corrected chi connectivity index (χ1v) is 7.38. The Labute approximate surface area is 137 Å². The smallest absolute Gasteiger partial charge is 0.308 e. The molecule has 1 atom stereocenters. The first kappa shape index (κ1) is 16.6. The molecule has 2 rings (SSSR count). The van der Waals surface area contributed by atoms with Gasteiger partial charge in [-0.15, -0.1) is 0 Å². The lowest BCUT2D eigenvalue weighted by Crippen LogP contribution is -2.36. The summed E-state index contributed by atoms with van der Waals surface area (Å²) in [6, 6.07) is 4.55. The number of benzene rings is 1. The van der Waals surface area contributed by atoms with Crippen molar-refractivity contribution in [1.82, 2.24) is 10.2 Å². The number of carboxylic acids is 1. The molecule has 1 unspecified atom stereocenters. The van der Waals surface area contributed by atoms with Gasteiger partial charge >= 0.3 is 5.97 Å². The van der Waals surface area contributed by atoms with Crippen LogP contribution in [0.4, 0.5) is 0 Å². The van der Waals surface area contributed by atoms with E-state index < -0.39 is 11.9 Å². The Kier molecular flexibility index (Phi) is 5.26. The number of carboxylic acid groups (broad SMARTS) is 1. The number of halogens is 2. The van der Waals surface area contributed by atoms with Crippen LogP contribution in [0.25, 0.3) is 0 Å². The van der Waals surface area contributed by atoms with Crippen LogP contribution in [0.15, 0.2) is 18.2 Å². The quantitative estimate of drug-likeness (QED) is 0.850. The van der Waals surface area contributed by atoms with Gasteiger partial charge in [0.15, 0.2) is 0 Å². The van der Waals surface area contributed by atoms with Crippen LogP contribution in [0.1, 0.15) is 16.8 Å². The van der Waals surface area contributed by atoms with Gasteiger partial charge < -0.3 is 15.3 Å². The Hall–Kier alpha value is -1.79. The lowest BCUT2D eigenvalue weighted by molar-refractivity contribution is -0.141. The van der Waals surface area contributed by atoms with Gasteiger partial charge in [0.25, 0.3) is 5.91 Å². The molecular weight excluding hydrogens is 331 g/mol. The summed E-state index contributed by atoms with van der Waals surface area (Å²) in [6.07, 6.45) is 0.00624. The highest BCUT2D eigenvalue weighted by Crippen LogP contribution is 2.21. The zero-order chi connectivity index (χ0) is 16.3. The number of carbonyl (C=O) groups excluding carboxylic acids is 2. The van der Waals surface area contributed by atoms with E-state index in [1.165, 1.54) is 17.0 Å². The molecule has 1 heterocycles. The van der Waals surface area contributed by atoms with Gasteiger partial charge in [0, 0.05) is 31.1 Å². The maximum Gasteiger partial charge on any atom is 0.308 e. The Morgan fingerprint density at radius 2 is 2.09 bits per heavy atom. The molecule has 1 aromatic rings. The van der Waals surface area contributed by atoms with E-state index in [0.717, 1.165) is 0 Å². The van der Waals surface area contributed by atoms with Gasteiger partial charge in [0.1, 0.15) is 0 Å².